The molecule has 0 bridgehead atoms. The maximum Gasteiger partial charge on any atom is 0.240 e. The summed E-state index contributed by atoms with van der Waals surface area (Å²) in [5, 5.41) is 0. The molecule has 1 aliphatic heterocycles. The molecule has 7 heteroatoms. The van der Waals surface area contributed by atoms with E-state index < -0.39 is 10.0 Å². The maximum absolute atomic E-state index is 12.4. The van der Waals surface area contributed by atoms with E-state index in [0.717, 1.165) is 25.9 Å². The number of likely N-dealkylation sites (N-methyl/N-ethyl adjacent to an activating group) is 1. The van der Waals surface area contributed by atoms with E-state index in [-0.39, 0.29) is 4.90 Å². The Labute approximate surface area is 138 Å². The topological polar surface area (TPSA) is 67.9 Å². The molecule has 0 spiro atoms. The summed E-state index contributed by atoms with van der Waals surface area (Å²) in [5.74, 6) is 0.633. The van der Waals surface area contributed by atoms with Crippen LogP contribution >= 0.6 is 0 Å². The lowest BCUT2D eigenvalue weighted by atomic mass is 10.2. The quantitative estimate of drug-likeness (QED) is 0.689. The zero-order valence-corrected chi connectivity index (χ0v) is 14.6. The van der Waals surface area contributed by atoms with Crippen LogP contribution in [0.3, 0.4) is 0 Å². The molecule has 1 aromatic rings. The Kier molecular flexibility index (Phi) is 6.83. The fourth-order valence-electron chi connectivity index (χ4n) is 2.79. The summed E-state index contributed by atoms with van der Waals surface area (Å²) in [4.78, 5) is 2.58. The van der Waals surface area contributed by atoms with Gasteiger partial charge in [0.1, 0.15) is 12.4 Å². The Morgan fingerprint density at radius 2 is 2.00 bits per heavy atom. The molecule has 1 N–H and O–H groups in total. The molecule has 1 aliphatic rings. The van der Waals surface area contributed by atoms with Crippen LogP contribution in [0.15, 0.2) is 29.2 Å². The number of nitrogens with zero attached hydrogens (tertiary/aromatic N) is 1. The first-order valence-corrected chi connectivity index (χ1v) is 9.50. The summed E-state index contributed by atoms with van der Waals surface area (Å²) < 4.78 is 37.8. The molecule has 1 heterocycles. The Hall–Kier alpha value is -1.15. The molecule has 1 fully saturated rings. The van der Waals surface area contributed by atoms with Gasteiger partial charge in [-0.25, -0.2) is 13.1 Å². The van der Waals surface area contributed by atoms with E-state index in [1.165, 1.54) is 0 Å². The second-order valence-corrected chi connectivity index (χ2v) is 7.36. The van der Waals surface area contributed by atoms with Crippen molar-refractivity contribution in [1.29, 1.82) is 0 Å². The zero-order chi connectivity index (χ0) is 16.7. The summed E-state index contributed by atoms with van der Waals surface area (Å²) in [5.41, 5.74) is 0. The van der Waals surface area contributed by atoms with Crippen LogP contribution in [0.1, 0.15) is 19.8 Å². The molecule has 0 radical (unpaired) electrons. The Morgan fingerprint density at radius 1 is 1.26 bits per heavy atom. The van der Waals surface area contributed by atoms with Crippen molar-refractivity contribution in [3.63, 3.8) is 0 Å². The highest BCUT2D eigenvalue weighted by Gasteiger charge is 2.25. The van der Waals surface area contributed by atoms with E-state index in [4.69, 9.17) is 9.47 Å². The number of hydrogen-bond acceptors (Lipinski definition) is 5. The second-order valence-electron chi connectivity index (χ2n) is 5.59. The summed E-state index contributed by atoms with van der Waals surface area (Å²) in [6.07, 6.45) is 2.18. The van der Waals surface area contributed by atoms with Crippen LogP contribution in [0.4, 0.5) is 0 Å². The van der Waals surface area contributed by atoms with Gasteiger partial charge in [-0.1, -0.05) is 6.92 Å². The van der Waals surface area contributed by atoms with Gasteiger partial charge >= 0.3 is 0 Å². The summed E-state index contributed by atoms with van der Waals surface area (Å²) in [7, 11) is -1.87. The third kappa shape index (κ3) is 5.17. The lowest BCUT2D eigenvalue weighted by Crippen LogP contribution is -2.39. The van der Waals surface area contributed by atoms with Gasteiger partial charge in [0.25, 0.3) is 0 Å². The van der Waals surface area contributed by atoms with Crippen molar-refractivity contribution >= 4 is 10.0 Å². The molecule has 1 aromatic carbocycles. The van der Waals surface area contributed by atoms with Crippen molar-refractivity contribution in [3.05, 3.63) is 24.3 Å². The molecule has 6 nitrogen and oxygen atoms in total. The van der Waals surface area contributed by atoms with Crippen LogP contribution in [0.25, 0.3) is 0 Å². The zero-order valence-electron chi connectivity index (χ0n) is 13.8. The molecule has 1 unspecified atom stereocenters. The highest BCUT2D eigenvalue weighted by Crippen LogP contribution is 2.18. The summed E-state index contributed by atoms with van der Waals surface area (Å²) in [6.45, 7) is 5.51. The van der Waals surface area contributed by atoms with Crippen LogP contribution < -0.4 is 9.46 Å². The molecule has 1 saturated heterocycles. The number of benzene rings is 1. The molecule has 0 saturated carbocycles. The van der Waals surface area contributed by atoms with Crippen molar-refractivity contribution in [2.24, 2.45) is 0 Å². The minimum absolute atomic E-state index is 0.262. The minimum atomic E-state index is -3.48. The van der Waals surface area contributed by atoms with Gasteiger partial charge in [-0.05, 0) is 50.2 Å². The molecule has 23 heavy (non-hydrogen) atoms. The SMILES string of the molecule is CCN1CCCC1CNS(=O)(=O)c1ccc(OCCOC)cc1. The van der Waals surface area contributed by atoms with Crippen molar-refractivity contribution in [3.8, 4) is 5.75 Å². The van der Waals surface area contributed by atoms with Crippen LogP contribution in [0.5, 0.6) is 5.75 Å². The predicted octanol–water partition coefficient (Wildman–Crippen LogP) is 1.47. The third-order valence-electron chi connectivity index (χ3n) is 4.10. The average molecular weight is 342 g/mol. The monoisotopic (exact) mass is 342 g/mol. The van der Waals surface area contributed by atoms with Crippen LogP contribution in [0, 0.1) is 0 Å². The maximum atomic E-state index is 12.4. The van der Waals surface area contributed by atoms with Gasteiger partial charge in [-0.2, -0.15) is 0 Å². The lowest BCUT2D eigenvalue weighted by molar-refractivity contribution is 0.146. The number of rotatable bonds is 9. The van der Waals surface area contributed by atoms with Gasteiger partial charge in [0.15, 0.2) is 0 Å². The first-order valence-electron chi connectivity index (χ1n) is 8.02. The van der Waals surface area contributed by atoms with Crippen LogP contribution in [0.2, 0.25) is 0 Å². The first kappa shape index (κ1) is 18.2. The van der Waals surface area contributed by atoms with E-state index in [2.05, 4.69) is 16.5 Å². The van der Waals surface area contributed by atoms with Gasteiger partial charge in [0, 0.05) is 19.7 Å². The van der Waals surface area contributed by atoms with Gasteiger partial charge in [-0.3, -0.25) is 4.90 Å². The summed E-state index contributed by atoms with van der Waals surface area (Å²) >= 11 is 0. The number of ether oxygens (including phenoxy) is 2. The fraction of sp³-hybridized carbons (Fsp3) is 0.625. The highest BCUT2D eigenvalue weighted by molar-refractivity contribution is 7.89. The van der Waals surface area contributed by atoms with E-state index in [1.807, 2.05) is 0 Å². The molecular weight excluding hydrogens is 316 g/mol. The Morgan fingerprint density at radius 3 is 2.65 bits per heavy atom. The van der Waals surface area contributed by atoms with Crippen molar-refractivity contribution in [1.82, 2.24) is 9.62 Å². The van der Waals surface area contributed by atoms with Crippen molar-refractivity contribution in [2.45, 2.75) is 30.7 Å². The van der Waals surface area contributed by atoms with Gasteiger partial charge in [0.2, 0.25) is 10.0 Å². The molecular formula is C16H26N2O4S. The average Bonchev–Trinajstić information content (AvgIpc) is 3.01. The van der Waals surface area contributed by atoms with E-state index >= 15 is 0 Å². The predicted molar refractivity (Wildman–Crippen MR) is 89.3 cm³/mol. The van der Waals surface area contributed by atoms with E-state index in [1.54, 1.807) is 31.4 Å². The number of hydrogen-bond donors (Lipinski definition) is 1. The van der Waals surface area contributed by atoms with Crippen LogP contribution in [-0.2, 0) is 14.8 Å². The number of sulfonamides is 1. The number of methoxy groups -OCH3 is 1. The molecule has 130 valence electrons. The largest absolute Gasteiger partial charge is 0.491 e. The molecule has 0 aromatic heterocycles. The minimum Gasteiger partial charge on any atom is -0.491 e. The van der Waals surface area contributed by atoms with Crippen LogP contribution in [-0.4, -0.2) is 59.3 Å². The number of likely N-dealkylation sites (tertiary alicyclic amines) is 1. The molecule has 2 rings (SSSR count). The van der Waals surface area contributed by atoms with Crippen molar-refractivity contribution in [2.75, 3.05) is 40.0 Å². The van der Waals surface area contributed by atoms with Crippen molar-refractivity contribution < 1.29 is 17.9 Å². The third-order valence-corrected chi connectivity index (χ3v) is 5.54. The molecule has 1 atom stereocenters. The second kappa shape index (κ2) is 8.63. The standard InChI is InChI=1S/C16H26N2O4S/c1-3-18-10-4-5-14(18)13-17-23(19,20)16-8-6-15(7-9-16)22-12-11-21-2/h6-9,14,17H,3-5,10-13H2,1-2H3. The Balaban J connectivity index is 1.91. The summed E-state index contributed by atoms with van der Waals surface area (Å²) in [6, 6.07) is 6.76. The highest BCUT2D eigenvalue weighted by atomic mass is 32.2. The fourth-order valence-corrected chi connectivity index (χ4v) is 3.86. The van der Waals surface area contributed by atoms with Gasteiger partial charge < -0.3 is 9.47 Å². The normalized spacial score (nSPS) is 19.1. The smallest absolute Gasteiger partial charge is 0.240 e. The number of nitrogens with one attached hydrogen (secondary N) is 1. The lowest BCUT2D eigenvalue weighted by Gasteiger charge is -2.22. The molecule has 0 aliphatic carbocycles. The van der Waals surface area contributed by atoms with Gasteiger partial charge in [0.05, 0.1) is 11.5 Å². The molecule has 0 amide bonds. The first-order chi connectivity index (χ1) is 11.1. The van der Waals surface area contributed by atoms with E-state index in [9.17, 15) is 8.42 Å². The van der Waals surface area contributed by atoms with Gasteiger partial charge in [-0.15, -0.1) is 0 Å². The Bertz CT molecular complexity index is 574. The van der Waals surface area contributed by atoms with E-state index in [0.29, 0.717) is 31.5 Å².